The van der Waals surface area contributed by atoms with Crippen LogP contribution in [-0.4, -0.2) is 85.5 Å². The molecular formula is C19H25N5O7S. The lowest BCUT2D eigenvalue weighted by molar-refractivity contribution is -0.141. The van der Waals surface area contributed by atoms with Crippen molar-refractivity contribution in [1.29, 1.82) is 0 Å². The van der Waals surface area contributed by atoms with E-state index in [4.69, 9.17) is 5.11 Å². The Hall–Kier alpha value is -2.77. The second-order valence-electron chi connectivity index (χ2n) is 7.94. The van der Waals surface area contributed by atoms with E-state index in [1.165, 1.54) is 6.20 Å². The van der Waals surface area contributed by atoms with Gasteiger partial charge in [-0.1, -0.05) is 4.49 Å². The SMILES string of the molecule is O=C[C@H](CC(=O)O)NC(=O)[C@@H]1CCCN2C(O)CC[C@H](NC(=O)c3cnns3)C(=O)CC12. The molecule has 3 heterocycles. The number of carbonyl (C=O) groups is 5. The highest BCUT2D eigenvalue weighted by molar-refractivity contribution is 7.07. The number of rotatable bonds is 7. The minimum atomic E-state index is -1.22. The highest BCUT2D eigenvalue weighted by Gasteiger charge is 2.43. The Balaban J connectivity index is 1.73. The lowest BCUT2D eigenvalue weighted by Crippen LogP contribution is -2.58. The number of aliphatic hydroxyl groups is 1. The molecule has 0 aromatic carbocycles. The zero-order valence-corrected chi connectivity index (χ0v) is 18.0. The number of aromatic nitrogens is 2. The number of Topliss-reactive ketones (excluding diaryl/α,β-unsaturated/α-hetero) is 1. The molecular weight excluding hydrogens is 442 g/mol. The number of amides is 2. The summed E-state index contributed by atoms with van der Waals surface area (Å²) in [5.74, 6) is -3.21. The fourth-order valence-corrected chi connectivity index (χ4v) is 4.69. The van der Waals surface area contributed by atoms with Crippen LogP contribution in [0.3, 0.4) is 0 Å². The average molecular weight is 468 g/mol. The van der Waals surface area contributed by atoms with Crippen LogP contribution in [0.1, 0.15) is 48.2 Å². The van der Waals surface area contributed by atoms with Gasteiger partial charge in [-0.05, 0) is 37.2 Å². The Morgan fingerprint density at radius 3 is 2.75 bits per heavy atom. The molecule has 0 saturated carbocycles. The van der Waals surface area contributed by atoms with Crippen LogP contribution in [0.25, 0.3) is 0 Å². The van der Waals surface area contributed by atoms with Crippen molar-refractivity contribution in [1.82, 2.24) is 25.1 Å². The molecule has 2 saturated heterocycles. The fraction of sp³-hybridized carbons (Fsp3) is 0.632. The van der Waals surface area contributed by atoms with Crippen LogP contribution in [0.5, 0.6) is 0 Å². The molecule has 0 bridgehead atoms. The standard InChI is InChI=1S/C19H25N5O7S/c25-9-10(6-17(28)29)21-18(30)11-2-1-5-24-13(11)7-14(26)12(3-4-16(24)27)22-19(31)15-8-20-23-32-15/h8-13,16,27H,1-7H2,(H,21,30)(H,22,31)(H,28,29)/t10-,11+,12-,13?,16?/m0/s1. The maximum Gasteiger partial charge on any atom is 0.305 e. The quantitative estimate of drug-likeness (QED) is 0.361. The van der Waals surface area contributed by atoms with Crippen molar-refractivity contribution in [2.75, 3.05) is 6.54 Å². The normalized spacial score (nSPS) is 27.3. The van der Waals surface area contributed by atoms with Crippen molar-refractivity contribution in [2.24, 2.45) is 5.92 Å². The summed E-state index contributed by atoms with van der Waals surface area (Å²) in [6.45, 7) is 0.499. The fourth-order valence-electron chi connectivity index (χ4n) is 4.27. The number of fused-ring (bicyclic) bond motifs is 1. The van der Waals surface area contributed by atoms with Crippen LogP contribution in [-0.2, 0) is 19.2 Å². The van der Waals surface area contributed by atoms with E-state index in [0.29, 0.717) is 25.7 Å². The number of piperidine rings is 1. The van der Waals surface area contributed by atoms with Crippen molar-refractivity contribution in [3.8, 4) is 0 Å². The molecule has 3 rings (SSSR count). The van der Waals surface area contributed by atoms with Gasteiger partial charge in [0.25, 0.3) is 5.91 Å². The first kappa shape index (κ1) is 23.9. The van der Waals surface area contributed by atoms with Crippen molar-refractivity contribution >= 4 is 41.4 Å². The van der Waals surface area contributed by atoms with E-state index < -0.39 is 54.5 Å². The number of ketones is 1. The van der Waals surface area contributed by atoms with Gasteiger partial charge in [-0.2, -0.15) is 0 Å². The van der Waals surface area contributed by atoms with E-state index >= 15 is 0 Å². The van der Waals surface area contributed by atoms with E-state index in [2.05, 4.69) is 20.2 Å². The predicted octanol–water partition coefficient (Wildman–Crippen LogP) is -1.05. The third-order valence-corrected chi connectivity index (χ3v) is 6.49. The summed E-state index contributed by atoms with van der Waals surface area (Å²) in [5, 5.41) is 28.3. The van der Waals surface area contributed by atoms with Gasteiger partial charge in [-0.25, -0.2) is 0 Å². The maximum atomic E-state index is 13.0. The number of aliphatic hydroxyl groups excluding tert-OH is 1. The molecule has 2 unspecified atom stereocenters. The zero-order chi connectivity index (χ0) is 23.3. The van der Waals surface area contributed by atoms with Crippen LogP contribution >= 0.6 is 11.5 Å². The molecule has 32 heavy (non-hydrogen) atoms. The number of nitrogens with one attached hydrogen (secondary N) is 2. The van der Waals surface area contributed by atoms with Crippen molar-refractivity contribution in [3.63, 3.8) is 0 Å². The summed E-state index contributed by atoms with van der Waals surface area (Å²) >= 11 is 0.900. The first-order valence-electron chi connectivity index (χ1n) is 10.3. The van der Waals surface area contributed by atoms with Gasteiger partial charge in [-0.15, -0.1) is 5.10 Å². The summed E-state index contributed by atoms with van der Waals surface area (Å²) in [6, 6.07) is -2.64. The summed E-state index contributed by atoms with van der Waals surface area (Å²) in [7, 11) is 0. The Labute approximate surface area is 187 Å². The Morgan fingerprint density at radius 1 is 1.31 bits per heavy atom. The number of aliphatic carboxylic acids is 1. The number of aldehydes is 1. The summed E-state index contributed by atoms with van der Waals surface area (Å²) in [5.41, 5.74) is 0. The molecule has 2 aliphatic heterocycles. The lowest BCUT2D eigenvalue weighted by Gasteiger charge is -2.44. The van der Waals surface area contributed by atoms with Crippen molar-refractivity contribution < 1.29 is 34.2 Å². The predicted molar refractivity (Wildman–Crippen MR) is 109 cm³/mol. The highest BCUT2D eigenvalue weighted by atomic mass is 32.1. The molecule has 2 aliphatic rings. The molecule has 0 spiro atoms. The number of hydrogen-bond acceptors (Lipinski definition) is 10. The largest absolute Gasteiger partial charge is 0.481 e. The van der Waals surface area contributed by atoms with Crippen LogP contribution < -0.4 is 10.6 Å². The first-order valence-corrected chi connectivity index (χ1v) is 11.1. The van der Waals surface area contributed by atoms with E-state index in [0.717, 1.165) is 11.5 Å². The summed E-state index contributed by atoms with van der Waals surface area (Å²) in [4.78, 5) is 62.2. The van der Waals surface area contributed by atoms with Gasteiger partial charge in [0.15, 0.2) is 5.78 Å². The molecule has 1 aromatic rings. The van der Waals surface area contributed by atoms with Gasteiger partial charge in [0.05, 0.1) is 30.6 Å². The van der Waals surface area contributed by atoms with Crippen LogP contribution in [0.4, 0.5) is 0 Å². The van der Waals surface area contributed by atoms with Gasteiger partial charge in [0, 0.05) is 19.0 Å². The molecule has 174 valence electrons. The van der Waals surface area contributed by atoms with Gasteiger partial charge in [-0.3, -0.25) is 24.1 Å². The Kier molecular flexibility index (Phi) is 7.99. The zero-order valence-electron chi connectivity index (χ0n) is 17.2. The third-order valence-electron chi connectivity index (χ3n) is 5.83. The van der Waals surface area contributed by atoms with E-state index in [1.54, 1.807) is 4.90 Å². The van der Waals surface area contributed by atoms with Crippen LogP contribution in [0.2, 0.25) is 0 Å². The number of hydrogen-bond donors (Lipinski definition) is 4. The number of carboxylic acids is 1. The third kappa shape index (κ3) is 5.72. The summed E-state index contributed by atoms with van der Waals surface area (Å²) < 4.78 is 3.63. The van der Waals surface area contributed by atoms with Crippen LogP contribution in [0.15, 0.2) is 6.20 Å². The number of carboxylic acid groups (broad SMARTS) is 1. The van der Waals surface area contributed by atoms with Gasteiger partial charge in [0.1, 0.15) is 17.4 Å². The molecule has 1 aromatic heterocycles. The Morgan fingerprint density at radius 2 is 2.09 bits per heavy atom. The highest BCUT2D eigenvalue weighted by Crippen LogP contribution is 2.31. The maximum absolute atomic E-state index is 13.0. The molecule has 13 heteroatoms. The molecule has 12 nitrogen and oxygen atoms in total. The first-order chi connectivity index (χ1) is 15.3. The minimum absolute atomic E-state index is 0.0777. The second kappa shape index (κ2) is 10.7. The van der Waals surface area contributed by atoms with Gasteiger partial charge in [0.2, 0.25) is 5.91 Å². The van der Waals surface area contributed by atoms with Crippen LogP contribution in [0, 0.1) is 5.92 Å². The van der Waals surface area contributed by atoms with E-state index in [1.807, 2.05) is 0 Å². The monoisotopic (exact) mass is 467 g/mol. The molecule has 2 fully saturated rings. The molecule has 2 amide bonds. The number of nitrogens with zero attached hydrogens (tertiary/aromatic N) is 3. The minimum Gasteiger partial charge on any atom is -0.481 e. The van der Waals surface area contributed by atoms with Gasteiger partial charge < -0.3 is 25.6 Å². The van der Waals surface area contributed by atoms with E-state index in [9.17, 15) is 29.1 Å². The lowest BCUT2D eigenvalue weighted by atomic mass is 9.82. The van der Waals surface area contributed by atoms with Crippen molar-refractivity contribution in [3.05, 3.63) is 11.1 Å². The smallest absolute Gasteiger partial charge is 0.305 e. The molecule has 0 radical (unpaired) electrons. The van der Waals surface area contributed by atoms with Gasteiger partial charge >= 0.3 is 5.97 Å². The Bertz CT molecular complexity index is 864. The molecule has 0 aliphatic carbocycles. The summed E-state index contributed by atoms with van der Waals surface area (Å²) in [6.07, 6.45) is 1.62. The number of carbonyl (C=O) groups excluding carboxylic acids is 4. The van der Waals surface area contributed by atoms with E-state index in [-0.39, 0.29) is 29.9 Å². The van der Waals surface area contributed by atoms with Crippen molar-refractivity contribution in [2.45, 2.75) is 62.9 Å². The topological polar surface area (TPSA) is 179 Å². The average Bonchev–Trinajstić information content (AvgIpc) is 3.29. The molecule has 5 atom stereocenters. The second-order valence-corrected chi connectivity index (χ2v) is 8.72. The molecule has 4 N–H and O–H groups in total.